The van der Waals surface area contributed by atoms with E-state index in [1.807, 2.05) is 38.1 Å². The molecule has 1 aromatic carbocycles. The molecule has 0 aliphatic rings. The van der Waals surface area contributed by atoms with Gasteiger partial charge in [-0.1, -0.05) is 30.7 Å². The highest BCUT2D eigenvalue weighted by molar-refractivity contribution is 6.30. The van der Waals surface area contributed by atoms with Crippen LogP contribution in [0.5, 0.6) is 0 Å². The molecule has 1 aromatic rings. The molecule has 0 aliphatic heterocycles. The molecule has 0 fully saturated rings. The number of carbonyl (C=O) groups is 1. The highest BCUT2D eigenvalue weighted by Crippen LogP contribution is 2.12. The quantitative estimate of drug-likeness (QED) is 0.875. The lowest BCUT2D eigenvalue weighted by Crippen LogP contribution is -2.42. The molecule has 0 aliphatic carbocycles. The fourth-order valence-electron chi connectivity index (χ4n) is 1.71. The van der Waals surface area contributed by atoms with Gasteiger partial charge in [0.05, 0.1) is 6.04 Å². The topological polar surface area (TPSA) is 32.3 Å². The Hall–Kier alpha value is -1.06. The fourth-order valence-corrected chi connectivity index (χ4v) is 1.92. The van der Waals surface area contributed by atoms with Crippen molar-refractivity contribution in [2.75, 3.05) is 13.6 Å². The normalized spacial score (nSPS) is 12.2. The Labute approximate surface area is 108 Å². The zero-order valence-corrected chi connectivity index (χ0v) is 11.3. The zero-order valence-electron chi connectivity index (χ0n) is 10.5. The molecule has 0 bridgehead atoms. The second kappa shape index (κ2) is 6.62. The molecule has 1 amide bonds. The van der Waals surface area contributed by atoms with E-state index in [2.05, 4.69) is 5.32 Å². The van der Waals surface area contributed by atoms with Crippen molar-refractivity contribution in [2.24, 2.45) is 0 Å². The molecule has 0 saturated carbocycles. The Morgan fingerprint density at radius 2 is 2.24 bits per heavy atom. The first-order chi connectivity index (χ1) is 8.04. The zero-order chi connectivity index (χ0) is 12.8. The number of carbonyl (C=O) groups excluding carboxylic acids is 1. The largest absolute Gasteiger partial charge is 0.340 e. The van der Waals surface area contributed by atoms with E-state index in [0.29, 0.717) is 11.6 Å². The number of rotatable bonds is 5. The summed E-state index contributed by atoms with van der Waals surface area (Å²) in [6, 6.07) is 7.42. The molecule has 0 radical (unpaired) electrons. The molecule has 3 nitrogen and oxygen atoms in total. The van der Waals surface area contributed by atoms with Crippen molar-refractivity contribution in [1.29, 1.82) is 0 Å². The van der Waals surface area contributed by atoms with Crippen molar-refractivity contribution in [3.8, 4) is 0 Å². The summed E-state index contributed by atoms with van der Waals surface area (Å²) in [5.74, 6) is 0.0897. The van der Waals surface area contributed by atoms with Gasteiger partial charge in [-0.05, 0) is 31.2 Å². The summed E-state index contributed by atoms with van der Waals surface area (Å²) < 4.78 is 0. The Morgan fingerprint density at radius 1 is 1.53 bits per heavy atom. The standard InChI is InChI=1S/C13H19ClN2O/c1-4-15-10(2)13(17)16(3)9-11-6-5-7-12(14)8-11/h5-8,10,15H,4,9H2,1-3H3. The number of nitrogens with one attached hydrogen (secondary N) is 1. The molecule has 0 heterocycles. The molecular formula is C13H19ClN2O. The molecule has 1 N–H and O–H groups in total. The summed E-state index contributed by atoms with van der Waals surface area (Å²) in [6.07, 6.45) is 0. The van der Waals surface area contributed by atoms with Crippen molar-refractivity contribution in [1.82, 2.24) is 10.2 Å². The number of amides is 1. The first-order valence-electron chi connectivity index (χ1n) is 5.77. The summed E-state index contributed by atoms with van der Waals surface area (Å²) in [6.45, 7) is 5.23. The molecule has 0 spiro atoms. The average Bonchev–Trinajstić information content (AvgIpc) is 2.28. The fraction of sp³-hybridized carbons (Fsp3) is 0.462. The molecule has 1 unspecified atom stereocenters. The number of likely N-dealkylation sites (N-methyl/N-ethyl adjacent to an activating group) is 2. The molecule has 4 heteroatoms. The molecule has 0 aromatic heterocycles. The molecule has 1 atom stereocenters. The Morgan fingerprint density at radius 3 is 2.82 bits per heavy atom. The summed E-state index contributed by atoms with van der Waals surface area (Å²) in [4.78, 5) is 13.7. The van der Waals surface area contributed by atoms with E-state index in [-0.39, 0.29) is 11.9 Å². The van der Waals surface area contributed by atoms with Crippen LogP contribution in [0.25, 0.3) is 0 Å². The van der Waals surface area contributed by atoms with Crippen molar-refractivity contribution in [2.45, 2.75) is 26.4 Å². The predicted molar refractivity (Wildman–Crippen MR) is 71.1 cm³/mol. The van der Waals surface area contributed by atoms with Gasteiger partial charge in [0.1, 0.15) is 0 Å². The first kappa shape index (κ1) is 14.0. The number of hydrogen-bond acceptors (Lipinski definition) is 2. The van der Waals surface area contributed by atoms with Crippen LogP contribution in [0.3, 0.4) is 0 Å². The van der Waals surface area contributed by atoms with Crippen LogP contribution >= 0.6 is 11.6 Å². The maximum absolute atomic E-state index is 12.0. The predicted octanol–water partition coefficient (Wildman–Crippen LogP) is 2.30. The van der Waals surface area contributed by atoms with Gasteiger partial charge in [0.25, 0.3) is 0 Å². The minimum Gasteiger partial charge on any atom is -0.340 e. The van der Waals surface area contributed by atoms with Gasteiger partial charge in [-0.25, -0.2) is 0 Å². The van der Waals surface area contributed by atoms with Crippen molar-refractivity contribution < 1.29 is 4.79 Å². The van der Waals surface area contributed by atoms with Crippen molar-refractivity contribution >= 4 is 17.5 Å². The maximum atomic E-state index is 12.0. The maximum Gasteiger partial charge on any atom is 0.239 e. The van der Waals surface area contributed by atoms with Gasteiger partial charge in [0.15, 0.2) is 0 Å². The van der Waals surface area contributed by atoms with Crippen molar-refractivity contribution in [3.05, 3.63) is 34.9 Å². The smallest absolute Gasteiger partial charge is 0.239 e. The Bertz CT molecular complexity index is 381. The van der Waals surface area contributed by atoms with Crippen LogP contribution in [0.2, 0.25) is 5.02 Å². The minimum atomic E-state index is -0.149. The van der Waals surface area contributed by atoms with Gasteiger partial charge in [-0.3, -0.25) is 4.79 Å². The van der Waals surface area contributed by atoms with E-state index in [4.69, 9.17) is 11.6 Å². The lowest BCUT2D eigenvalue weighted by atomic mass is 10.2. The molecule has 1 rings (SSSR count). The third-order valence-electron chi connectivity index (χ3n) is 2.57. The third-order valence-corrected chi connectivity index (χ3v) is 2.80. The number of hydrogen-bond donors (Lipinski definition) is 1. The van der Waals surface area contributed by atoms with E-state index in [0.717, 1.165) is 12.1 Å². The van der Waals surface area contributed by atoms with Gasteiger partial charge in [0.2, 0.25) is 5.91 Å². The molecule has 94 valence electrons. The molecule has 0 saturated heterocycles. The summed E-state index contributed by atoms with van der Waals surface area (Å²) in [7, 11) is 1.80. The van der Waals surface area contributed by atoms with Gasteiger partial charge < -0.3 is 10.2 Å². The Balaban J connectivity index is 2.59. The highest BCUT2D eigenvalue weighted by atomic mass is 35.5. The van der Waals surface area contributed by atoms with E-state index < -0.39 is 0 Å². The van der Waals surface area contributed by atoms with Crippen LogP contribution < -0.4 is 5.32 Å². The lowest BCUT2D eigenvalue weighted by molar-refractivity contribution is -0.132. The lowest BCUT2D eigenvalue weighted by Gasteiger charge is -2.22. The third kappa shape index (κ3) is 4.36. The average molecular weight is 255 g/mol. The SMILES string of the molecule is CCNC(C)C(=O)N(C)Cc1cccc(Cl)c1. The number of nitrogens with zero attached hydrogens (tertiary/aromatic N) is 1. The highest BCUT2D eigenvalue weighted by Gasteiger charge is 2.16. The van der Waals surface area contributed by atoms with Crippen LogP contribution in [0.15, 0.2) is 24.3 Å². The van der Waals surface area contributed by atoms with Gasteiger partial charge in [-0.2, -0.15) is 0 Å². The van der Waals surface area contributed by atoms with Gasteiger partial charge >= 0.3 is 0 Å². The van der Waals surface area contributed by atoms with Crippen molar-refractivity contribution in [3.63, 3.8) is 0 Å². The second-order valence-corrected chi connectivity index (χ2v) is 4.54. The Kier molecular flexibility index (Phi) is 5.45. The van der Waals surface area contributed by atoms with E-state index in [1.54, 1.807) is 11.9 Å². The number of halogens is 1. The van der Waals surface area contributed by atoms with Gasteiger partial charge in [0, 0.05) is 18.6 Å². The van der Waals surface area contributed by atoms with Gasteiger partial charge in [-0.15, -0.1) is 0 Å². The van der Waals surface area contributed by atoms with Crippen LogP contribution in [0, 0.1) is 0 Å². The van der Waals surface area contributed by atoms with E-state index in [9.17, 15) is 4.79 Å². The second-order valence-electron chi connectivity index (χ2n) is 4.10. The molecular weight excluding hydrogens is 236 g/mol. The van der Waals surface area contributed by atoms with Crippen LogP contribution in [-0.2, 0) is 11.3 Å². The molecule has 17 heavy (non-hydrogen) atoms. The summed E-state index contributed by atoms with van der Waals surface area (Å²) in [5.41, 5.74) is 1.04. The number of benzene rings is 1. The van der Waals surface area contributed by atoms with Crippen LogP contribution in [-0.4, -0.2) is 30.4 Å². The monoisotopic (exact) mass is 254 g/mol. The summed E-state index contributed by atoms with van der Waals surface area (Å²) >= 11 is 5.90. The van der Waals surface area contributed by atoms with Crippen LogP contribution in [0.4, 0.5) is 0 Å². The minimum absolute atomic E-state index is 0.0897. The van der Waals surface area contributed by atoms with Crippen LogP contribution in [0.1, 0.15) is 19.4 Å². The van der Waals surface area contributed by atoms with E-state index >= 15 is 0 Å². The summed E-state index contributed by atoms with van der Waals surface area (Å²) in [5, 5.41) is 3.80. The first-order valence-corrected chi connectivity index (χ1v) is 6.15. The van der Waals surface area contributed by atoms with E-state index in [1.165, 1.54) is 0 Å².